The molecule has 0 aromatic heterocycles. The molecule has 0 bridgehead atoms. The molecule has 17 heavy (non-hydrogen) atoms. The van der Waals surface area contributed by atoms with Crippen LogP contribution in [0.4, 0.5) is 0 Å². The van der Waals surface area contributed by atoms with E-state index in [-0.39, 0.29) is 5.97 Å². The summed E-state index contributed by atoms with van der Waals surface area (Å²) in [4.78, 5) is 12.2. The minimum absolute atomic E-state index is 0.276. The Morgan fingerprint density at radius 3 is 2.53 bits per heavy atom. The molecule has 0 amide bonds. The Morgan fingerprint density at radius 1 is 1.29 bits per heavy atom. The lowest BCUT2D eigenvalue weighted by Gasteiger charge is -2.44. The molecule has 1 saturated carbocycles. The predicted octanol–water partition coefficient (Wildman–Crippen LogP) is 1.65. The quantitative estimate of drug-likeness (QED) is 0.765. The molecule has 2 rings (SSSR count). The van der Waals surface area contributed by atoms with Crippen LogP contribution in [0, 0.1) is 5.41 Å². The maximum Gasteiger partial charge on any atom is 0.317 e. The summed E-state index contributed by atoms with van der Waals surface area (Å²) in [6.45, 7) is 3.01. The van der Waals surface area contributed by atoms with Gasteiger partial charge in [-0.2, -0.15) is 0 Å². The molecular formula is C13H22O4. The normalized spacial score (nSPS) is 32.4. The van der Waals surface area contributed by atoms with Crippen LogP contribution in [-0.4, -0.2) is 36.5 Å². The minimum atomic E-state index is -0.923. The van der Waals surface area contributed by atoms with Crippen LogP contribution in [0.2, 0.25) is 0 Å². The van der Waals surface area contributed by atoms with E-state index in [1.165, 1.54) is 0 Å². The molecule has 1 atom stereocenters. The van der Waals surface area contributed by atoms with Crippen LogP contribution < -0.4 is 0 Å². The maximum atomic E-state index is 12.2. The monoisotopic (exact) mass is 242 g/mol. The number of hydrogen-bond donors (Lipinski definition) is 1. The zero-order chi connectivity index (χ0) is 12.4. The van der Waals surface area contributed by atoms with Gasteiger partial charge >= 0.3 is 5.97 Å². The van der Waals surface area contributed by atoms with Crippen LogP contribution in [0.25, 0.3) is 0 Å². The summed E-state index contributed by atoms with van der Waals surface area (Å²) in [5.41, 5.74) is -1.74. The van der Waals surface area contributed by atoms with Gasteiger partial charge in [-0.25, -0.2) is 0 Å². The molecule has 2 fully saturated rings. The summed E-state index contributed by atoms with van der Waals surface area (Å²) in [5.74, 6) is -0.276. The molecule has 1 N–H and O–H groups in total. The molecular weight excluding hydrogens is 220 g/mol. The summed E-state index contributed by atoms with van der Waals surface area (Å²) in [6.07, 6.45) is 5.07. The third-order valence-electron chi connectivity index (χ3n) is 4.26. The summed E-state index contributed by atoms with van der Waals surface area (Å²) in [7, 11) is 0. The average Bonchev–Trinajstić information content (AvgIpc) is 2.81. The SMILES string of the molecule is CCOC(=O)C1(C2(O)CCCCC2)CCOC1. The molecule has 1 heterocycles. The smallest absolute Gasteiger partial charge is 0.317 e. The maximum absolute atomic E-state index is 12.2. The summed E-state index contributed by atoms with van der Waals surface area (Å²) < 4.78 is 10.6. The van der Waals surface area contributed by atoms with Crippen molar-refractivity contribution >= 4 is 5.97 Å². The number of aliphatic hydroxyl groups is 1. The van der Waals surface area contributed by atoms with Crippen LogP contribution in [0.5, 0.6) is 0 Å². The number of ether oxygens (including phenoxy) is 2. The van der Waals surface area contributed by atoms with Crippen molar-refractivity contribution in [1.29, 1.82) is 0 Å². The second-order valence-corrected chi connectivity index (χ2v) is 5.20. The zero-order valence-corrected chi connectivity index (χ0v) is 10.5. The first kappa shape index (κ1) is 12.8. The van der Waals surface area contributed by atoms with Crippen molar-refractivity contribution in [2.45, 2.75) is 51.0 Å². The molecule has 1 saturated heterocycles. The van der Waals surface area contributed by atoms with E-state index >= 15 is 0 Å². The van der Waals surface area contributed by atoms with Crippen molar-refractivity contribution in [3.63, 3.8) is 0 Å². The number of hydrogen-bond acceptors (Lipinski definition) is 4. The molecule has 4 nitrogen and oxygen atoms in total. The van der Waals surface area contributed by atoms with Gasteiger partial charge in [0.1, 0.15) is 5.41 Å². The highest BCUT2D eigenvalue weighted by molar-refractivity contribution is 5.79. The summed E-state index contributed by atoms with van der Waals surface area (Å²) in [6, 6.07) is 0. The molecule has 98 valence electrons. The highest BCUT2D eigenvalue weighted by atomic mass is 16.5. The van der Waals surface area contributed by atoms with E-state index in [4.69, 9.17) is 9.47 Å². The van der Waals surface area contributed by atoms with E-state index in [2.05, 4.69) is 0 Å². The third kappa shape index (κ3) is 2.08. The van der Waals surface area contributed by atoms with Gasteiger partial charge in [0.25, 0.3) is 0 Å². The number of carbonyl (C=O) groups excluding carboxylic acids is 1. The molecule has 1 aliphatic heterocycles. The average molecular weight is 242 g/mol. The van der Waals surface area contributed by atoms with Gasteiger partial charge in [-0.05, 0) is 26.2 Å². The Morgan fingerprint density at radius 2 is 2.00 bits per heavy atom. The Bertz CT molecular complexity index is 275. The van der Waals surface area contributed by atoms with Crippen molar-refractivity contribution in [2.75, 3.05) is 19.8 Å². The van der Waals surface area contributed by atoms with Crippen molar-refractivity contribution < 1.29 is 19.4 Å². The van der Waals surface area contributed by atoms with E-state index in [0.29, 0.717) is 39.1 Å². The van der Waals surface area contributed by atoms with Crippen LogP contribution in [0.3, 0.4) is 0 Å². The van der Waals surface area contributed by atoms with Crippen LogP contribution >= 0.6 is 0 Å². The molecule has 0 spiro atoms. The topological polar surface area (TPSA) is 55.8 Å². The molecule has 1 unspecified atom stereocenters. The first-order chi connectivity index (χ1) is 8.15. The van der Waals surface area contributed by atoms with E-state index in [9.17, 15) is 9.90 Å². The van der Waals surface area contributed by atoms with Crippen molar-refractivity contribution in [1.82, 2.24) is 0 Å². The fourth-order valence-corrected chi connectivity index (χ4v) is 3.17. The molecule has 0 aromatic carbocycles. The first-order valence-corrected chi connectivity index (χ1v) is 6.62. The van der Waals surface area contributed by atoms with Crippen molar-refractivity contribution in [3.8, 4) is 0 Å². The van der Waals surface area contributed by atoms with Gasteiger partial charge in [-0.15, -0.1) is 0 Å². The van der Waals surface area contributed by atoms with Crippen LogP contribution in [0.15, 0.2) is 0 Å². The molecule has 2 aliphatic rings. The number of carbonyl (C=O) groups is 1. The molecule has 0 aromatic rings. The lowest BCUT2D eigenvalue weighted by Crippen LogP contribution is -2.55. The van der Waals surface area contributed by atoms with Gasteiger partial charge in [-0.1, -0.05) is 19.3 Å². The highest BCUT2D eigenvalue weighted by Crippen LogP contribution is 2.48. The van der Waals surface area contributed by atoms with Gasteiger partial charge in [0, 0.05) is 6.61 Å². The second kappa shape index (κ2) is 4.94. The van der Waals surface area contributed by atoms with E-state index in [1.807, 2.05) is 0 Å². The fourth-order valence-electron chi connectivity index (χ4n) is 3.17. The Hall–Kier alpha value is -0.610. The lowest BCUT2D eigenvalue weighted by atomic mass is 9.64. The highest BCUT2D eigenvalue weighted by Gasteiger charge is 2.58. The standard InChI is InChI=1S/C13H22O4/c1-2-17-11(14)12(8-9-16-10-12)13(15)6-4-3-5-7-13/h15H,2-10H2,1H3. The fraction of sp³-hybridized carbons (Fsp3) is 0.923. The van der Waals surface area contributed by atoms with Crippen LogP contribution in [-0.2, 0) is 14.3 Å². The van der Waals surface area contributed by atoms with Gasteiger partial charge in [0.2, 0.25) is 0 Å². The third-order valence-corrected chi connectivity index (χ3v) is 4.26. The summed E-state index contributed by atoms with van der Waals surface area (Å²) in [5, 5.41) is 10.8. The summed E-state index contributed by atoms with van der Waals surface area (Å²) >= 11 is 0. The molecule has 0 radical (unpaired) electrons. The van der Waals surface area contributed by atoms with Crippen LogP contribution in [0.1, 0.15) is 45.4 Å². The van der Waals surface area contributed by atoms with E-state index in [0.717, 1.165) is 19.3 Å². The van der Waals surface area contributed by atoms with Gasteiger partial charge in [0.15, 0.2) is 0 Å². The van der Waals surface area contributed by atoms with Crippen molar-refractivity contribution in [3.05, 3.63) is 0 Å². The van der Waals surface area contributed by atoms with E-state index in [1.54, 1.807) is 6.92 Å². The predicted molar refractivity (Wildman–Crippen MR) is 62.5 cm³/mol. The first-order valence-electron chi connectivity index (χ1n) is 6.62. The lowest BCUT2D eigenvalue weighted by molar-refractivity contribution is -0.180. The van der Waals surface area contributed by atoms with Crippen molar-refractivity contribution in [2.24, 2.45) is 5.41 Å². The van der Waals surface area contributed by atoms with Gasteiger partial charge < -0.3 is 14.6 Å². The molecule has 1 aliphatic carbocycles. The minimum Gasteiger partial charge on any atom is -0.465 e. The van der Waals surface area contributed by atoms with Gasteiger partial charge in [0.05, 0.1) is 18.8 Å². The van der Waals surface area contributed by atoms with E-state index < -0.39 is 11.0 Å². The molecule has 4 heteroatoms. The largest absolute Gasteiger partial charge is 0.465 e. The Kier molecular flexibility index (Phi) is 3.73. The Labute approximate surface area is 102 Å². The second-order valence-electron chi connectivity index (χ2n) is 5.20. The number of rotatable bonds is 3. The zero-order valence-electron chi connectivity index (χ0n) is 10.5. The Balaban J connectivity index is 2.23. The number of esters is 1. The van der Waals surface area contributed by atoms with Gasteiger partial charge in [-0.3, -0.25) is 4.79 Å².